The van der Waals surface area contributed by atoms with Crippen LogP contribution in [-0.4, -0.2) is 70.8 Å². The standard InChI is InChI=1S/C43H45N5O7/c1-5-53-27(2)39-44-21-20-31(45-39)26-55-34-15-10-30(11-16-34)43(3,4)29-8-13-33(14-9-29)54-25-28-7-6-22-47(24-28)32-12-17-35-36(23-32)42(52)48(41(35)51)37-18-19-38(49)46-40(37)50/h8-17,20-21,23,28,37H,2,5-7,18-19,22,24-26H2,1,3-4H3,(H,46,49,50). The molecule has 1 N–H and O–H groups in total. The highest BCUT2D eigenvalue weighted by Crippen LogP contribution is 2.35. The van der Waals surface area contributed by atoms with Gasteiger partial charge in [0.1, 0.15) is 24.1 Å². The zero-order chi connectivity index (χ0) is 38.7. The van der Waals surface area contributed by atoms with Crippen LogP contribution < -0.4 is 19.7 Å². The van der Waals surface area contributed by atoms with Crippen LogP contribution >= 0.6 is 0 Å². The lowest BCUT2D eigenvalue weighted by Crippen LogP contribution is -2.54. The van der Waals surface area contributed by atoms with Crippen LogP contribution in [0.4, 0.5) is 5.69 Å². The Balaban J connectivity index is 0.923. The highest BCUT2D eigenvalue weighted by molar-refractivity contribution is 6.23. The van der Waals surface area contributed by atoms with Gasteiger partial charge in [0.05, 0.1) is 30.0 Å². The van der Waals surface area contributed by atoms with Gasteiger partial charge in [-0.05, 0) is 85.8 Å². The lowest BCUT2D eigenvalue weighted by Gasteiger charge is -2.34. The molecule has 2 fully saturated rings. The van der Waals surface area contributed by atoms with E-state index in [0.717, 1.165) is 64.8 Å². The van der Waals surface area contributed by atoms with Crippen LogP contribution in [0, 0.1) is 5.92 Å². The van der Waals surface area contributed by atoms with Gasteiger partial charge in [-0.15, -0.1) is 0 Å². The third-order valence-electron chi connectivity index (χ3n) is 10.6. The van der Waals surface area contributed by atoms with E-state index < -0.39 is 29.7 Å². The average Bonchev–Trinajstić information content (AvgIpc) is 3.44. The second-order valence-electron chi connectivity index (χ2n) is 14.6. The molecule has 55 heavy (non-hydrogen) atoms. The summed E-state index contributed by atoms with van der Waals surface area (Å²) in [5, 5.41) is 2.24. The van der Waals surface area contributed by atoms with Gasteiger partial charge in [-0.3, -0.25) is 29.4 Å². The second kappa shape index (κ2) is 15.7. The molecule has 0 radical (unpaired) electrons. The number of amides is 4. The third kappa shape index (κ3) is 7.94. The maximum absolute atomic E-state index is 13.4. The Morgan fingerprint density at radius 1 is 0.891 bits per heavy atom. The number of piperidine rings is 2. The molecule has 4 aromatic rings. The van der Waals surface area contributed by atoms with E-state index in [1.54, 1.807) is 18.3 Å². The number of ether oxygens (including phenoxy) is 3. The van der Waals surface area contributed by atoms with E-state index in [1.165, 1.54) is 0 Å². The van der Waals surface area contributed by atoms with Crippen molar-refractivity contribution in [2.24, 2.45) is 5.92 Å². The fourth-order valence-electron chi connectivity index (χ4n) is 7.41. The molecule has 0 aliphatic carbocycles. The predicted molar refractivity (Wildman–Crippen MR) is 206 cm³/mol. The molecule has 1 aromatic heterocycles. The summed E-state index contributed by atoms with van der Waals surface area (Å²) in [5.74, 6) is 0.679. The molecule has 3 aromatic carbocycles. The van der Waals surface area contributed by atoms with Crippen molar-refractivity contribution in [3.63, 3.8) is 0 Å². The first-order chi connectivity index (χ1) is 26.5. The van der Waals surface area contributed by atoms with E-state index in [2.05, 4.69) is 64.9 Å². The number of carbonyl (C=O) groups is 4. The first kappa shape index (κ1) is 37.3. The summed E-state index contributed by atoms with van der Waals surface area (Å²) in [6.07, 6.45) is 3.86. The summed E-state index contributed by atoms with van der Waals surface area (Å²) in [5.41, 5.74) is 4.19. The summed E-state index contributed by atoms with van der Waals surface area (Å²) >= 11 is 0. The van der Waals surface area contributed by atoms with Crippen molar-refractivity contribution in [2.75, 3.05) is 31.2 Å². The largest absolute Gasteiger partial charge is 0.493 e. The first-order valence-electron chi connectivity index (χ1n) is 18.7. The fraction of sp³-hybridized carbons (Fsp3) is 0.349. The molecule has 0 bridgehead atoms. The highest BCUT2D eigenvalue weighted by atomic mass is 16.5. The number of anilines is 1. The molecule has 284 valence electrons. The number of rotatable bonds is 13. The second-order valence-corrected chi connectivity index (χ2v) is 14.6. The van der Waals surface area contributed by atoms with Crippen molar-refractivity contribution >= 4 is 35.1 Å². The lowest BCUT2D eigenvalue weighted by atomic mass is 9.78. The van der Waals surface area contributed by atoms with Crippen molar-refractivity contribution in [2.45, 2.75) is 64.5 Å². The van der Waals surface area contributed by atoms with Crippen molar-refractivity contribution in [1.29, 1.82) is 0 Å². The minimum atomic E-state index is -0.984. The topological polar surface area (TPSA) is 140 Å². The monoisotopic (exact) mass is 743 g/mol. The van der Waals surface area contributed by atoms with Gasteiger partial charge in [0, 0.05) is 42.7 Å². The molecule has 3 aliphatic heterocycles. The molecule has 4 heterocycles. The van der Waals surface area contributed by atoms with Gasteiger partial charge in [-0.2, -0.15) is 0 Å². The smallest absolute Gasteiger partial charge is 0.262 e. The van der Waals surface area contributed by atoms with Gasteiger partial charge < -0.3 is 19.1 Å². The van der Waals surface area contributed by atoms with Crippen molar-refractivity contribution in [3.05, 3.63) is 119 Å². The van der Waals surface area contributed by atoms with Crippen LogP contribution in [-0.2, 0) is 26.3 Å². The molecule has 7 rings (SSSR count). The normalized spacial score (nSPS) is 18.5. The van der Waals surface area contributed by atoms with Gasteiger partial charge in [-0.1, -0.05) is 44.7 Å². The van der Waals surface area contributed by atoms with Gasteiger partial charge >= 0.3 is 0 Å². The third-order valence-corrected chi connectivity index (χ3v) is 10.6. The number of nitrogens with one attached hydrogen (secondary N) is 1. The molecule has 4 amide bonds. The van der Waals surface area contributed by atoms with Crippen LogP contribution in [0.3, 0.4) is 0 Å². The van der Waals surface area contributed by atoms with Gasteiger partial charge in [0.25, 0.3) is 11.8 Å². The maximum Gasteiger partial charge on any atom is 0.262 e. The van der Waals surface area contributed by atoms with E-state index in [1.807, 2.05) is 43.3 Å². The summed E-state index contributed by atoms with van der Waals surface area (Å²) in [6, 6.07) is 22.5. The zero-order valence-electron chi connectivity index (χ0n) is 31.4. The van der Waals surface area contributed by atoms with Crippen LogP contribution in [0.5, 0.6) is 11.5 Å². The van der Waals surface area contributed by atoms with Gasteiger partial charge in [0.15, 0.2) is 11.6 Å². The number of benzene rings is 3. The Morgan fingerprint density at radius 2 is 1.58 bits per heavy atom. The van der Waals surface area contributed by atoms with Crippen LogP contribution in [0.25, 0.3) is 5.76 Å². The Labute approximate surface area is 320 Å². The molecule has 12 nitrogen and oxygen atoms in total. The molecule has 2 saturated heterocycles. The SMILES string of the molecule is C=C(OCC)c1nccc(COc2ccc(C(C)(C)c3ccc(OCC4CCCN(c5ccc6c(c5)C(=O)N(C5CCC(=O)NC5=O)C6=O)C4)cc3)cc2)n1. The van der Waals surface area contributed by atoms with Crippen molar-refractivity contribution < 1.29 is 33.4 Å². The van der Waals surface area contributed by atoms with E-state index in [0.29, 0.717) is 31.4 Å². The number of aromatic nitrogens is 2. The lowest BCUT2D eigenvalue weighted by molar-refractivity contribution is -0.136. The Morgan fingerprint density at radius 3 is 2.27 bits per heavy atom. The first-order valence-corrected chi connectivity index (χ1v) is 18.7. The summed E-state index contributed by atoms with van der Waals surface area (Å²) in [6.45, 7) is 13.1. The summed E-state index contributed by atoms with van der Waals surface area (Å²) < 4.78 is 17.7. The van der Waals surface area contributed by atoms with E-state index in [9.17, 15) is 19.2 Å². The van der Waals surface area contributed by atoms with E-state index in [4.69, 9.17) is 14.2 Å². The van der Waals surface area contributed by atoms with Gasteiger partial charge in [-0.25, -0.2) is 9.97 Å². The Hall–Kier alpha value is -6.04. The van der Waals surface area contributed by atoms with Crippen molar-refractivity contribution in [3.8, 4) is 11.5 Å². The number of nitrogens with zero attached hydrogens (tertiary/aromatic N) is 4. The average molecular weight is 744 g/mol. The highest BCUT2D eigenvalue weighted by Gasteiger charge is 2.45. The fourth-order valence-corrected chi connectivity index (χ4v) is 7.41. The number of hydrogen-bond donors (Lipinski definition) is 1. The van der Waals surface area contributed by atoms with E-state index in [-0.39, 0.29) is 35.3 Å². The van der Waals surface area contributed by atoms with Crippen molar-refractivity contribution in [1.82, 2.24) is 20.2 Å². The molecule has 3 aliphatic rings. The van der Waals surface area contributed by atoms with Gasteiger partial charge in [0.2, 0.25) is 11.8 Å². The predicted octanol–water partition coefficient (Wildman–Crippen LogP) is 6.09. The quantitative estimate of drug-likeness (QED) is 0.127. The summed E-state index contributed by atoms with van der Waals surface area (Å²) in [4.78, 5) is 62.5. The summed E-state index contributed by atoms with van der Waals surface area (Å²) in [7, 11) is 0. The molecule has 2 unspecified atom stereocenters. The van der Waals surface area contributed by atoms with Crippen LogP contribution in [0.15, 0.2) is 85.6 Å². The number of fused-ring (bicyclic) bond motifs is 1. The number of imide groups is 2. The Kier molecular flexibility index (Phi) is 10.7. The van der Waals surface area contributed by atoms with Crippen LogP contribution in [0.2, 0.25) is 0 Å². The molecule has 0 saturated carbocycles. The number of hydrogen-bond acceptors (Lipinski definition) is 10. The maximum atomic E-state index is 13.4. The zero-order valence-corrected chi connectivity index (χ0v) is 31.4. The number of carbonyl (C=O) groups excluding carboxylic acids is 4. The van der Waals surface area contributed by atoms with E-state index >= 15 is 0 Å². The minimum Gasteiger partial charge on any atom is -0.493 e. The molecule has 2 atom stereocenters. The molecular formula is C43H45N5O7. The van der Waals surface area contributed by atoms with Crippen LogP contribution in [0.1, 0.15) is 89.8 Å². The Bertz CT molecular complexity index is 2110. The molecule has 0 spiro atoms. The minimum absolute atomic E-state index is 0.0853. The molecular weight excluding hydrogens is 699 g/mol. The molecule has 12 heteroatoms.